The van der Waals surface area contributed by atoms with Crippen molar-refractivity contribution < 1.29 is 0 Å². The summed E-state index contributed by atoms with van der Waals surface area (Å²) in [6.45, 7) is 4.00. The summed E-state index contributed by atoms with van der Waals surface area (Å²) in [6, 6.07) is 17.7. The van der Waals surface area contributed by atoms with Gasteiger partial charge in [-0.3, -0.25) is 0 Å². The molecule has 2 aromatic carbocycles. The van der Waals surface area contributed by atoms with Gasteiger partial charge in [0.05, 0.1) is 12.2 Å². The molecule has 3 heteroatoms. The lowest BCUT2D eigenvalue weighted by Gasteiger charge is -2.13. The molecule has 0 heterocycles. The van der Waals surface area contributed by atoms with Crippen LogP contribution in [0.15, 0.2) is 54.6 Å². The number of nitrogens with two attached hydrogens (primary N) is 3. The molecule has 0 spiro atoms. The summed E-state index contributed by atoms with van der Waals surface area (Å²) in [5.74, 6) is 0. The third-order valence-electron chi connectivity index (χ3n) is 2.84. The Labute approximate surface area is 115 Å². The fourth-order valence-corrected chi connectivity index (χ4v) is 1.78. The van der Waals surface area contributed by atoms with Gasteiger partial charge in [0.1, 0.15) is 0 Å². The molecule has 0 amide bonds. The number of benzene rings is 2. The van der Waals surface area contributed by atoms with Gasteiger partial charge in [0.25, 0.3) is 0 Å². The van der Waals surface area contributed by atoms with Crippen LogP contribution in [0.4, 0.5) is 0 Å². The highest BCUT2D eigenvalue weighted by Gasteiger charge is 2.08. The molecule has 19 heavy (non-hydrogen) atoms. The van der Waals surface area contributed by atoms with Gasteiger partial charge in [-0.05, 0) is 16.7 Å². The lowest BCUT2D eigenvalue weighted by molar-refractivity contribution is 0.771. The number of hydrogen-bond donors (Lipinski definition) is 3. The summed E-state index contributed by atoms with van der Waals surface area (Å²) in [4.78, 5) is 0. The second-order valence-corrected chi connectivity index (χ2v) is 4.08. The van der Waals surface area contributed by atoms with Gasteiger partial charge < -0.3 is 17.2 Å². The molecule has 2 rings (SSSR count). The topological polar surface area (TPSA) is 78.1 Å². The van der Waals surface area contributed by atoms with Gasteiger partial charge in [-0.25, -0.2) is 0 Å². The summed E-state index contributed by atoms with van der Waals surface area (Å²) in [5.41, 5.74) is 20.4. The summed E-state index contributed by atoms with van der Waals surface area (Å²) in [7, 11) is 0. The average molecular weight is 257 g/mol. The highest BCUT2D eigenvalue weighted by atomic mass is 14.8. The van der Waals surface area contributed by atoms with Gasteiger partial charge in [-0.2, -0.15) is 0 Å². The molecule has 6 N–H and O–H groups in total. The zero-order valence-electron chi connectivity index (χ0n) is 11.6. The van der Waals surface area contributed by atoms with Crippen molar-refractivity contribution in [1.29, 1.82) is 0 Å². The predicted molar refractivity (Wildman–Crippen MR) is 81.4 cm³/mol. The quantitative estimate of drug-likeness (QED) is 0.740. The van der Waals surface area contributed by atoms with E-state index in [1.165, 1.54) is 0 Å². The third kappa shape index (κ3) is 4.17. The maximum atomic E-state index is 6.18. The lowest BCUT2D eigenvalue weighted by Crippen LogP contribution is -2.20. The molecule has 0 aliphatic heterocycles. The van der Waals surface area contributed by atoms with Crippen LogP contribution in [0.3, 0.4) is 0 Å². The van der Waals surface area contributed by atoms with Gasteiger partial charge >= 0.3 is 0 Å². The second kappa shape index (κ2) is 7.69. The fraction of sp³-hybridized carbons (Fsp3) is 0.250. The summed E-state index contributed by atoms with van der Waals surface area (Å²) in [5, 5.41) is 0. The molecule has 102 valence electrons. The van der Waals surface area contributed by atoms with Gasteiger partial charge in [-0.15, -0.1) is 0 Å². The molecular weight excluding hydrogens is 234 g/mol. The Morgan fingerprint density at radius 2 is 1.05 bits per heavy atom. The van der Waals surface area contributed by atoms with Gasteiger partial charge in [0, 0.05) is 0 Å². The Hall–Kier alpha value is -1.68. The number of hydrogen-bond acceptors (Lipinski definition) is 3. The van der Waals surface area contributed by atoms with Crippen molar-refractivity contribution in [2.45, 2.75) is 26.1 Å². The molecular formula is C16H23N3. The summed E-state index contributed by atoms with van der Waals surface area (Å²) >= 11 is 0. The van der Waals surface area contributed by atoms with Crippen molar-refractivity contribution >= 4 is 0 Å². The molecule has 0 saturated heterocycles. The zero-order valence-corrected chi connectivity index (χ0v) is 11.6. The molecule has 0 saturated carbocycles. The van der Waals surface area contributed by atoms with Crippen LogP contribution in [0, 0.1) is 0 Å². The van der Waals surface area contributed by atoms with E-state index in [0.29, 0.717) is 0 Å². The molecule has 0 radical (unpaired) electrons. The Morgan fingerprint density at radius 3 is 1.53 bits per heavy atom. The Balaban J connectivity index is 0.000000861. The Morgan fingerprint density at radius 1 is 0.632 bits per heavy atom. The van der Waals surface area contributed by atoms with Crippen LogP contribution < -0.4 is 17.2 Å². The van der Waals surface area contributed by atoms with E-state index in [1.807, 2.05) is 68.4 Å². The first-order chi connectivity index (χ1) is 9.18. The van der Waals surface area contributed by atoms with E-state index in [1.54, 1.807) is 0 Å². The molecule has 2 aromatic rings. The first-order valence-corrected chi connectivity index (χ1v) is 6.60. The van der Waals surface area contributed by atoms with Crippen LogP contribution in [0.5, 0.6) is 0 Å². The highest BCUT2D eigenvalue weighted by molar-refractivity contribution is 5.33. The molecule has 0 fully saturated rings. The van der Waals surface area contributed by atoms with Crippen LogP contribution >= 0.6 is 0 Å². The molecule has 0 bridgehead atoms. The first-order valence-electron chi connectivity index (χ1n) is 6.60. The van der Waals surface area contributed by atoms with Crippen LogP contribution in [0.25, 0.3) is 0 Å². The zero-order chi connectivity index (χ0) is 14.3. The normalized spacial score (nSPS) is 11.7. The van der Waals surface area contributed by atoms with E-state index in [4.69, 9.17) is 17.2 Å². The monoisotopic (exact) mass is 257 g/mol. The maximum absolute atomic E-state index is 6.18. The summed E-state index contributed by atoms with van der Waals surface area (Å²) < 4.78 is 0. The molecule has 1 unspecified atom stereocenters. The molecule has 0 aromatic heterocycles. The van der Waals surface area contributed by atoms with Gasteiger partial charge in [0.2, 0.25) is 0 Å². The van der Waals surface area contributed by atoms with E-state index in [-0.39, 0.29) is 6.04 Å². The molecule has 1 atom stereocenters. The van der Waals surface area contributed by atoms with Crippen LogP contribution in [-0.2, 0) is 0 Å². The molecule has 0 aliphatic carbocycles. The van der Waals surface area contributed by atoms with Crippen molar-refractivity contribution in [1.82, 2.24) is 0 Å². The van der Waals surface area contributed by atoms with Crippen LogP contribution in [0.2, 0.25) is 0 Å². The Kier molecular flexibility index (Phi) is 6.22. The second-order valence-electron chi connectivity index (χ2n) is 4.08. The van der Waals surface area contributed by atoms with E-state index in [2.05, 4.69) is 0 Å². The van der Waals surface area contributed by atoms with E-state index < -0.39 is 6.17 Å². The minimum atomic E-state index is -0.433. The standard InChI is InChI=1S/C14H17N3.C2H6/c15-13(10-4-2-1-3-5-10)11-6-8-12(9-7-11)14(16)17;1-2/h1-9,13-14H,15-17H2;1-2H3. The fourth-order valence-electron chi connectivity index (χ4n) is 1.78. The smallest absolute Gasteiger partial charge is 0.0784 e. The van der Waals surface area contributed by atoms with E-state index >= 15 is 0 Å². The van der Waals surface area contributed by atoms with E-state index in [0.717, 1.165) is 16.7 Å². The van der Waals surface area contributed by atoms with Crippen LogP contribution in [-0.4, -0.2) is 0 Å². The largest absolute Gasteiger partial charge is 0.320 e. The van der Waals surface area contributed by atoms with Gasteiger partial charge in [0.15, 0.2) is 0 Å². The number of rotatable bonds is 3. The maximum Gasteiger partial charge on any atom is 0.0784 e. The van der Waals surface area contributed by atoms with Crippen molar-refractivity contribution in [3.8, 4) is 0 Å². The van der Waals surface area contributed by atoms with Gasteiger partial charge in [-0.1, -0.05) is 68.4 Å². The van der Waals surface area contributed by atoms with Crippen molar-refractivity contribution in [3.63, 3.8) is 0 Å². The molecule has 3 nitrogen and oxygen atoms in total. The first kappa shape index (κ1) is 15.4. The summed E-state index contributed by atoms with van der Waals surface area (Å²) in [6.07, 6.45) is -0.433. The lowest BCUT2D eigenvalue weighted by atomic mass is 9.98. The average Bonchev–Trinajstić information content (AvgIpc) is 2.49. The van der Waals surface area contributed by atoms with E-state index in [9.17, 15) is 0 Å². The third-order valence-corrected chi connectivity index (χ3v) is 2.84. The predicted octanol–water partition coefficient (Wildman–Crippen LogP) is 2.68. The minimum Gasteiger partial charge on any atom is -0.320 e. The molecule has 0 aliphatic rings. The van der Waals surface area contributed by atoms with Crippen LogP contribution in [0.1, 0.15) is 42.7 Å². The highest BCUT2D eigenvalue weighted by Crippen LogP contribution is 2.20. The van der Waals surface area contributed by atoms with Crippen molar-refractivity contribution in [2.24, 2.45) is 17.2 Å². The minimum absolute atomic E-state index is 0.112. The SMILES string of the molecule is CC.NC(N)c1ccc(C(N)c2ccccc2)cc1. The van der Waals surface area contributed by atoms with Crippen molar-refractivity contribution in [2.75, 3.05) is 0 Å². The Bertz CT molecular complexity index is 463. The van der Waals surface area contributed by atoms with Crippen molar-refractivity contribution in [3.05, 3.63) is 71.3 Å².